The second kappa shape index (κ2) is 4.64. The molecule has 1 heterocycles. The molecule has 2 rings (SSSR count). The maximum absolute atomic E-state index is 12.1. The Hall–Kier alpha value is -2.10. The maximum atomic E-state index is 12.1. The van der Waals surface area contributed by atoms with Crippen LogP contribution in [0.2, 0.25) is 0 Å². The van der Waals surface area contributed by atoms with Crippen molar-refractivity contribution in [3.8, 4) is 0 Å². The number of amides is 3. The summed E-state index contributed by atoms with van der Waals surface area (Å²) in [6, 6.07) is 8.99. The van der Waals surface area contributed by atoms with E-state index in [-0.39, 0.29) is 24.0 Å². The van der Waals surface area contributed by atoms with Gasteiger partial charge >= 0.3 is 6.03 Å². The molecule has 1 aliphatic rings. The van der Waals surface area contributed by atoms with Crippen molar-refractivity contribution in [3.05, 3.63) is 48.6 Å². The van der Waals surface area contributed by atoms with Crippen molar-refractivity contribution in [2.45, 2.75) is 19.0 Å². The molecule has 2 atom stereocenters. The van der Waals surface area contributed by atoms with Crippen LogP contribution >= 0.6 is 0 Å². The maximum Gasteiger partial charge on any atom is 0.327 e. The number of carbonyl (C=O) groups is 2. The second-order valence-corrected chi connectivity index (χ2v) is 4.40. The van der Waals surface area contributed by atoms with Crippen LogP contribution in [-0.2, 0) is 4.79 Å². The first kappa shape index (κ1) is 12.4. The average Bonchev–Trinajstić information content (AvgIpc) is 2.63. The van der Waals surface area contributed by atoms with Crippen molar-refractivity contribution in [1.82, 2.24) is 9.80 Å². The molecule has 1 aliphatic heterocycles. The number of nitrogens with zero attached hydrogens (tertiary/aromatic N) is 2. The molecule has 1 saturated heterocycles. The van der Waals surface area contributed by atoms with Gasteiger partial charge in [0.15, 0.2) is 0 Å². The Labute approximate surface area is 106 Å². The van der Waals surface area contributed by atoms with Crippen LogP contribution < -0.4 is 0 Å². The van der Waals surface area contributed by atoms with Crippen molar-refractivity contribution in [1.29, 1.82) is 0 Å². The van der Waals surface area contributed by atoms with Gasteiger partial charge in [-0.25, -0.2) is 4.79 Å². The van der Waals surface area contributed by atoms with Gasteiger partial charge in [-0.2, -0.15) is 0 Å². The minimum absolute atomic E-state index is 0.0520. The third-order valence-corrected chi connectivity index (χ3v) is 3.41. The Balaban J connectivity index is 2.45. The van der Waals surface area contributed by atoms with Crippen LogP contribution in [0.15, 0.2) is 43.0 Å². The molecule has 1 aromatic carbocycles. The fraction of sp³-hybridized carbons (Fsp3) is 0.286. The lowest BCUT2D eigenvalue weighted by Gasteiger charge is -2.23. The van der Waals surface area contributed by atoms with E-state index in [4.69, 9.17) is 0 Å². The molecule has 0 aromatic heterocycles. The summed E-state index contributed by atoms with van der Waals surface area (Å²) in [4.78, 5) is 26.8. The molecule has 0 unspecified atom stereocenters. The fourth-order valence-corrected chi connectivity index (χ4v) is 2.30. The van der Waals surface area contributed by atoms with Crippen molar-refractivity contribution in [2.75, 3.05) is 7.05 Å². The zero-order chi connectivity index (χ0) is 13.3. The minimum atomic E-state index is -0.356. The Morgan fingerprint density at radius 3 is 2.50 bits per heavy atom. The van der Waals surface area contributed by atoms with E-state index in [2.05, 4.69) is 6.58 Å². The molecule has 18 heavy (non-hydrogen) atoms. The number of likely N-dealkylation sites (N-methyl/N-ethyl adjacent to an activating group) is 1. The highest BCUT2D eigenvalue weighted by atomic mass is 16.2. The van der Waals surface area contributed by atoms with Crippen LogP contribution in [0.4, 0.5) is 4.79 Å². The van der Waals surface area contributed by atoms with Crippen LogP contribution in [0.5, 0.6) is 0 Å². The highest BCUT2D eigenvalue weighted by Crippen LogP contribution is 2.34. The summed E-state index contributed by atoms with van der Waals surface area (Å²) in [5, 5.41) is 0. The largest absolute Gasteiger partial charge is 0.327 e. The van der Waals surface area contributed by atoms with Gasteiger partial charge in [0.2, 0.25) is 0 Å². The third-order valence-electron chi connectivity index (χ3n) is 3.41. The Bertz CT molecular complexity index is 484. The summed E-state index contributed by atoms with van der Waals surface area (Å²) in [6.07, 6.45) is 1.18. The van der Waals surface area contributed by atoms with Crippen LogP contribution in [0.3, 0.4) is 0 Å². The molecular formula is C14H16N2O2. The first-order valence-electron chi connectivity index (χ1n) is 5.85. The number of rotatable bonds is 2. The van der Waals surface area contributed by atoms with E-state index in [1.807, 2.05) is 37.3 Å². The molecule has 0 radical (unpaired) electrons. The standard InChI is InChI=1S/C14H16N2O2/c1-4-12(17)16-13(10(2)15(3)14(16)18)11-8-6-5-7-9-11/h4-10,13H,1H2,2-3H3/t10-,13-/m1/s1. The summed E-state index contributed by atoms with van der Waals surface area (Å²) in [5.41, 5.74) is 0.956. The average molecular weight is 244 g/mol. The van der Waals surface area contributed by atoms with Gasteiger partial charge in [0.25, 0.3) is 5.91 Å². The Kier molecular flexibility index (Phi) is 3.19. The highest BCUT2D eigenvalue weighted by molar-refractivity contribution is 6.01. The molecule has 0 saturated carbocycles. The van der Waals surface area contributed by atoms with Crippen molar-refractivity contribution in [2.24, 2.45) is 0 Å². The highest BCUT2D eigenvalue weighted by Gasteiger charge is 2.44. The fourth-order valence-electron chi connectivity index (χ4n) is 2.30. The predicted molar refractivity (Wildman–Crippen MR) is 68.8 cm³/mol. The minimum Gasteiger partial charge on any atom is -0.322 e. The summed E-state index contributed by atoms with van der Waals surface area (Å²) >= 11 is 0. The van der Waals surface area contributed by atoms with E-state index in [0.717, 1.165) is 5.56 Å². The summed E-state index contributed by atoms with van der Waals surface area (Å²) in [5.74, 6) is -0.356. The van der Waals surface area contributed by atoms with E-state index < -0.39 is 0 Å². The molecule has 0 aliphatic carbocycles. The normalized spacial score (nSPS) is 23.3. The predicted octanol–water partition coefficient (Wildman–Crippen LogP) is 2.20. The zero-order valence-electron chi connectivity index (χ0n) is 10.5. The number of urea groups is 1. The molecule has 0 N–H and O–H groups in total. The quantitative estimate of drug-likeness (QED) is 0.748. The summed E-state index contributed by atoms with van der Waals surface area (Å²) < 4.78 is 0. The molecule has 4 heteroatoms. The molecular weight excluding hydrogens is 228 g/mol. The van der Waals surface area contributed by atoms with Crippen LogP contribution in [0.25, 0.3) is 0 Å². The van der Waals surface area contributed by atoms with Gasteiger partial charge in [-0.3, -0.25) is 9.69 Å². The molecule has 94 valence electrons. The zero-order valence-corrected chi connectivity index (χ0v) is 10.5. The van der Waals surface area contributed by atoms with Gasteiger partial charge < -0.3 is 4.90 Å². The number of imide groups is 1. The Morgan fingerprint density at radius 1 is 1.33 bits per heavy atom. The van der Waals surface area contributed by atoms with Gasteiger partial charge in [-0.15, -0.1) is 0 Å². The third kappa shape index (κ3) is 1.79. The molecule has 0 spiro atoms. The molecule has 4 nitrogen and oxygen atoms in total. The number of hydrogen-bond donors (Lipinski definition) is 0. The van der Waals surface area contributed by atoms with E-state index in [1.165, 1.54) is 11.0 Å². The lowest BCUT2D eigenvalue weighted by Crippen LogP contribution is -2.35. The van der Waals surface area contributed by atoms with Crippen molar-refractivity contribution in [3.63, 3.8) is 0 Å². The van der Waals surface area contributed by atoms with Crippen LogP contribution in [-0.4, -0.2) is 34.8 Å². The first-order chi connectivity index (χ1) is 8.57. The molecule has 0 bridgehead atoms. The molecule has 3 amide bonds. The van der Waals surface area contributed by atoms with Crippen LogP contribution in [0, 0.1) is 0 Å². The number of carbonyl (C=O) groups excluding carboxylic acids is 2. The van der Waals surface area contributed by atoms with Gasteiger partial charge in [0.05, 0.1) is 12.1 Å². The summed E-state index contributed by atoms with van der Waals surface area (Å²) in [7, 11) is 1.71. The summed E-state index contributed by atoms with van der Waals surface area (Å²) in [6.45, 7) is 5.39. The molecule has 1 aromatic rings. The topological polar surface area (TPSA) is 40.6 Å². The van der Waals surface area contributed by atoms with Gasteiger partial charge in [0.1, 0.15) is 0 Å². The number of benzene rings is 1. The van der Waals surface area contributed by atoms with Crippen molar-refractivity contribution < 1.29 is 9.59 Å². The van der Waals surface area contributed by atoms with Crippen LogP contribution in [0.1, 0.15) is 18.5 Å². The monoisotopic (exact) mass is 244 g/mol. The van der Waals surface area contributed by atoms with Gasteiger partial charge in [0, 0.05) is 7.05 Å². The van der Waals surface area contributed by atoms with Gasteiger partial charge in [-0.1, -0.05) is 36.9 Å². The van der Waals surface area contributed by atoms with Gasteiger partial charge in [-0.05, 0) is 18.6 Å². The van der Waals surface area contributed by atoms with E-state index in [0.29, 0.717) is 0 Å². The second-order valence-electron chi connectivity index (χ2n) is 4.40. The SMILES string of the molecule is C=CC(=O)N1C(=O)N(C)[C@H](C)[C@@H]1c1ccccc1. The van der Waals surface area contributed by atoms with E-state index >= 15 is 0 Å². The van der Waals surface area contributed by atoms with Crippen molar-refractivity contribution >= 4 is 11.9 Å². The number of hydrogen-bond acceptors (Lipinski definition) is 2. The first-order valence-corrected chi connectivity index (χ1v) is 5.85. The smallest absolute Gasteiger partial charge is 0.322 e. The molecule has 1 fully saturated rings. The lowest BCUT2D eigenvalue weighted by atomic mass is 10.0. The lowest BCUT2D eigenvalue weighted by molar-refractivity contribution is -0.124. The van der Waals surface area contributed by atoms with E-state index in [9.17, 15) is 9.59 Å². The Morgan fingerprint density at radius 2 is 1.94 bits per heavy atom. The van der Waals surface area contributed by atoms with E-state index in [1.54, 1.807) is 11.9 Å².